The third kappa shape index (κ3) is 3.97. The summed E-state index contributed by atoms with van der Waals surface area (Å²) < 4.78 is 38.1. The molecule has 0 unspecified atom stereocenters. The van der Waals surface area contributed by atoms with E-state index in [0.29, 0.717) is 0 Å². The van der Waals surface area contributed by atoms with Gasteiger partial charge in [0, 0.05) is 26.2 Å². The Morgan fingerprint density at radius 1 is 0.846 bits per heavy atom. The van der Waals surface area contributed by atoms with E-state index in [1.165, 1.54) is 19.0 Å². The molecule has 0 fully saturated rings. The van der Waals surface area contributed by atoms with Gasteiger partial charge in [-0.15, -0.1) is 0 Å². The predicted molar refractivity (Wildman–Crippen MR) is 94.2 cm³/mol. The van der Waals surface area contributed by atoms with Gasteiger partial charge in [0.05, 0.1) is 22.7 Å². The number of hydrogen-bond donors (Lipinski definition) is 4. The molecule has 140 valence electrons. The minimum absolute atomic E-state index is 0.0134. The van der Waals surface area contributed by atoms with Gasteiger partial charge in [-0.3, -0.25) is 4.79 Å². The number of benzene rings is 2. The molecule has 8 nitrogen and oxygen atoms in total. The number of anilines is 4. The third-order valence-corrected chi connectivity index (χ3v) is 3.37. The number of hydrogen-bond acceptors (Lipinski definition) is 7. The number of nitrogens with two attached hydrogens (primary N) is 4. The maximum Gasteiger partial charge on any atom is 0.321 e. The van der Waals surface area contributed by atoms with Crippen LogP contribution in [0.25, 0.3) is 0 Å². The minimum atomic E-state index is -1.61. The summed E-state index contributed by atoms with van der Waals surface area (Å²) in [7, 11) is 2.89. The summed E-state index contributed by atoms with van der Waals surface area (Å²) in [6, 6.07) is 4.10. The predicted octanol–water partition coefficient (Wildman–Crippen LogP) is 1.17. The van der Waals surface area contributed by atoms with Crippen molar-refractivity contribution in [3.05, 3.63) is 35.9 Å². The number of rotatable bonds is 5. The molecule has 0 spiro atoms. The highest BCUT2D eigenvalue weighted by Gasteiger charge is 2.27. The van der Waals surface area contributed by atoms with Crippen molar-refractivity contribution in [1.82, 2.24) is 4.90 Å². The molecule has 0 saturated carbocycles. The van der Waals surface area contributed by atoms with Crippen molar-refractivity contribution in [3.63, 3.8) is 0 Å². The molecule has 1 amide bonds. The summed E-state index contributed by atoms with van der Waals surface area (Å²) in [6.45, 7) is 0. The molecule has 0 atom stereocenters. The Morgan fingerprint density at radius 2 is 1.23 bits per heavy atom. The van der Waals surface area contributed by atoms with Gasteiger partial charge in [0.1, 0.15) is 11.6 Å². The average Bonchev–Trinajstić information content (AvgIpc) is 2.55. The van der Waals surface area contributed by atoms with Crippen molar-refractivity contribution in [2.75, 3.05) is 37.0 Å². The van der Waals surface area contributed by atoms with Crippen LogP contribution in [0.15, 0.2) is 24.3 Å². The van der Waals surface area contributed by atoms with Crippen molar-refractivity contribution in [1.29, 1.82) is 0 Å². The Bertz CT molecular complexity index is 786. The number of ether oxygens (including phenoxy) is 2. The smallest absolute Gasteiger partial charge is 0.321 e. The lowest BCUT2D eigenvalue weighted by Crippen LogP contribution is -2.41. The fourth-order valence-corrected chi connectivity index (χ4v) is 1.95. The lowest BCUT2D eigenvalue weighted by Gasteiger charge is -2.24. The Labute approximate surface area is 148 Å². The number of amides is 1. The van der Waals surface area contributed by atoms with E-state index in [1.807, 2.05) is 0 Å². The third-order valence-electron chi connectivity index (χ3n) is 3.37. The van der Waals surface area contributed by atoms with Crippen LogP contribution in [0.2, 0.25) is 0 Å². The molecule has 0 saturated heterocycles. The van der Waals surface area contributed by atoms with E-state index in [-0.39, 0.29) is 34.2 Å². The summed E-state index contributed by atoms with van der Waals surface area (Å²) in [6.07, 6.45) is -1.61. The molecule has 0 heterocycles. The highest BCUT2D eigenvalue weighted by molar-refractivity contribution is 5.80. The van der Waals surface area contributed by atoms with E-state index in [0.717, 1.165) is 24.3 Å². The Hall–Kier alpha value is -3.43. The van der Waals surface area contributed by atoms with Crippen LogP contribution in [-0.2, 0) is 4.79 Å². The fraction of sp³-hybridized carbons (Fsp3) is 0.188. The molecular weight excluding hydrogens is 348 g/mol. The molecule has 0 aromatic heterocycles. The van der Waals surface area contributed by atoms with Crippen LogP contribution >= 0.6 is 0 Å². The first-order valence-electron chi connectivity index (χ1n) is 7.33. The van der Waals surface area contributed by atoms with Gasteiger partial charge in [-0.05, 0) is 12.1 Å². The molecule has 2 aromatic carbocycles. The molecule has 26 heavy (non-hydrogen) atoms. The van der Waals surface area contributed by atoms with E-state index in [9.17, 15) is 13.6 Å². The number of likely N-dealkylation sites (N-methyl/N-ethyl adjacent to an activating group) is 1. The van der Waals surface area contributed by atoms with Crippen LogP contribution in [0.4, 0.5) is 31.5 Å². The topological polar surface area (TPSA) is 143 Å². The standard InChI is InChI=1S/C16H19F2N5O3/c1-23(2)15(24)16(25-13-3-7(17)9(19)5-11(13)21)26-14-4-8(18)10(20)6-12(14)22/h3-6,16H,19-22H2,1-2H3. The zero-order valence-electron chi connectivity index (χ0n) is 14.1. The normalized spacial score (nSPS) is 10.7. The molecule has 2 rings (SSSR count). The van der Waals surface area contributed by atoms with Gasteiger partial charge >= 0.3 is 12.2 Å². The summed E-state index contributed by atoms with van der Waals surface area (Å²) in [5.41, 5.74) is 21.9. The van der Waals surface area contributed by atoms with Crippen molar-refractivity contribution >= 4 is 28.7 Å². The summed E-state index contributed by atoms with van der Waals surface area (Å²) in [5.74, 6) is -2.58. The monoisotopic (exact) mass is 367 g/mol. The first kappa shape index (κ1) is 18.9. The van der Waals surface area contributed by atoms with Crippen LogP contribution in [0, 0.1) is 11.6 Å². The molecule has 0 aliphatic rings. The zero-order valence-corrected chi connectivity index (χ0v) is 14.1. The molecule has 2 aromatic rings. The Morgan fingerprint density at radius 3 is 1.58 bits per heavy atom. The maximum atomic E-state index is 13.7. The summed E-state index contributed by atoms with van der Waals surface area (Å²) >= 11 is 0. The van der Waals surface area contributed by atoms with Gasteiger partial charge in [0.2, 0.25) is 0 Å². The molecule has 0 aliphatic heterocycles. The van der Waals surface area contributed by atoms with E-state index in [4.69, 9.17) is 32.4 Å². The Balaban J connectivity index is 2.38. The summed E-state index contributed by atoms with van der Waals surface area (Å²) in [5, 5.41) is 0. The average molecular weight is 367 g/mol. The molecule has 10 heteroatoms. The highest BCUT2D eigenvalue weighted by Crippen LogP contribution is 2.31. The molecule has 0 aliphatic carbocycles. The number of nitrogens with zero attached hydrogens (tertiary/aromatic N) is 1. The summed E-state index contributed by atoms with van der Waals surface area (Å²) in [4.78, 5) is 13.5. The van der Waals surface area contributed by atoms with Crippen LogP contribution < -0.4 is 32.4 Å². The van der Waals surface area contributed by atoms with Gasteiger partial charge < -0.3 is 37.3 Å². The SMILES string of the molecule is CN(C)C(=O)C(Oc1cc(F)c(N)cc1N)Oc1cc(F)c(N)cc1N. The maximum absolute atomic E-state index is 13.7. The molecule has 0 radical (unpaired) electrons. The van der Waals surface area contributed by atoms with Gasteiger partial charge in [0.25, 0.3) is 0 Å². The van der Waals surface area contributed by atoms with Crippen molar-refractivity contribution in [2.24, 2.45) is 0 Å². The zero-order chi connectivity index (χ0) is 19.6. The quantitative estimate of drug-likeness (QED) is 0.459. The van der Waals surface area contributed by atoms with E-state index < -0.39 is 23.8 Å². The van der Waals surface area contributed by atoms with Crippen LogP contribution in [0.1, 0.15) is 0 Å². The molecule has 0 bridgehead atoms. The first-order chi connectivity index (χ1) is 12.1. The molecular formula is C16H19F2N5O3. The lowest BCUT2D eigenvalue weighted by molar-refractivity contribution is -0.148. The van der Waals surface area contributed by atoms with Crippen LogP contribution in [-0.4, -0.2) is 31.2 Å². The largest absolute Gasteiger partial charge is 0.444 e. The number of halogens is 2. The Kier molecular flexibility index (Phi) is 5.24. The first-order valence-corrected chi connectivity index (χ1v) is 7.33. The second-order valence-corrected chi connectivity index (χ2v) is 5.62. The van der Waals surface area contributed by atoms with E-state index in [2.05, 4.69) is 0 Å². The van der Waals surface area contributed by atoms with Crippen LogP contribution in [0.5, 0.6) is 11.5 Å². The fourth-order valence-electron chi connectivity index (χ4n) is 1.95. The van der Waals surface area contributed by atoms with E-state index in [1.54, 1.807) is 0 Å². The second kappa shape index (κ2) is 7.21. The number of carbonyl (C=O) groups is 1. The van der Waals surface area contributed by atoms with Crippen molar-refractivity contribution < 1.29 is 23.0 Å². The lowest BCUT2D eigenvalue weighted by atomic mass is 10.2. The number of carbonyl (C=O) groups excluding carboxylic acids is 1. The highest BCUT2D eigenvalue weighted by atomic mass is 19.1. The van der Waals surface area contributed by atoms with Crippen molar-refractivity contribution in [3.8, 4) is 11.5 Å². The van der Waals surface area contributed by atoms with E-state index >= 15 is 0 Å². The van der Waals surface area contributed by atoms with Crippen LogP contribution in [0.3, 0.4) is 0 Å². The second-order valence-electron chi connectivity index (χ2n) is 5.62. The molecule has 8 N–H and O–H groups in total. The van der Waals surface area contributed by atoms with Crippen molar-refractivity contribution in [2.45, 2.75) is 6.29 Å². The number of nitrogen functional groups attached to an aromatic ring is 4. The van der Waals surface area contributed by atoms with Gasteiger partial charge in [0.15, 0.2) is 11.5 Å². The minimum Gasteiger partial charge on any atom is -0.444 e. The van der Waals surface area contributed by atoms with Gasteiger partial charge in [-0.25, -0.2) is 8.78 Å². The van der Waals surface area contributed by atoms with Gasteiger partial charge in [-0.1, -0.05) is 0 Å². The van der Waals surface area contributed by atoms with Gasteiger partial charge in [-0.2, -0.15) is 0 Å².